The smallest absolute Gasteiger partial charge is 0.122 e. The molecular formula is C20H25ClN2O. The van der Waals surface area contributed by atoms with Crippen molar-refractivity contribution in [1.29, 1.82) is 0 Å². The minimum absolute atomic E-state index is 0. The summed E-state index contributed by atoms with van der Waals surface area (Å²) >= 11 is 0. The number of hydrogen-bond acceptors (Lipinski definition) is 2. The number of halogens is 1. The molecule has 0 amide bonds. The van der Waals surface area contributed by atoms with Crippen LogP contribution >= 0.6 is 12.4 Å². The molecule has 0 aliphatic rings. The van der Waals surface area contributed by atoms with E-state index in [9.17, 15) is 0 Å². The molecular weight excluding hydrogens is 320 g/mol. The van der Waals surface area contributed by atoms with E-state index in [0.29, 0.717) is 0 Å². The molecule has 0 radical (unpaired) electrons. The summed E-state index contributed by atoms with van der Waals surface area (Å²) in [5, 5.41) is 0. The van der Waals surface area contributed by atoms with Gasteiger partial charge in [0.05, 0.1) is 17.6 Å². The number of para-hydroxylation sites is 3. The highest BCUT2D eigenvalue weighted by Gasteiger charge is 2.08. The first kappa shape index (κ1) is 18.3. The van der Waals surface area contributed by atoms with E-state index in [1.165, 1.54) is 16.9 Å². The van der Waals surface area contributed by atoms with Crippen molar-refractivity contribution in [2.24, 2.45) is 0 Å². The van der Waals surface area contributed by atoms with Gasteiger partial charge in [0.15, 0.2) is 0 Å². The van der Waals surface area contributed by atoms with Gasteiger partial charge in [-0.3, -0.25) is 0 Å². The van der Waals surface area contributed by atoms with E-state index in [4.69, 9.17) is 9.72 Å². The van der Waals surface area contributed by atoms with Crippen LogP contribution in [0.5, 0.6) is 5.75 Å². The Kier molecular flexibility index (Phi) is 6.68. The van der Waals surface area contributed by atoms with Gasteiger partial charge in [-0.1, -0.05) is 37.3 Å². The average Bonchev–Trinajstić information content (AvgIpc) is 2.94. The highest BCUT2D eigenvalue weighted by atomic mass is 35.5. The molecule has 4 heteroatoms. The van der Waals surface area contributed by atoms with Crippen LogP contribution < -0.4 is 4.74 Å². The molecule has 0 fully saturated rings. The second-order valence-electron chi connectivity index (χ2n) is 5.84. The number of benzene rings is 2. The van der Waals surface area contributed by atoms with E-state index in [1.807, 2.05) is 18.2 Å². The van der Waals surface area contributed by atoms with Gasteiger partial charge in [-0.2, -0.15) is 0 Å². The highest BCUT2D eigenvalue weighted by Crippen LogP contribution is 2.18. The molecule has 3 aromatic rings. The third-order valence-corrected chi connectivity index (χ3v) is 4.18. The van der Waals surface area contributed by atoms with Gasteiger partial charge in [0.25, 0.3) is 0 Å². The number of hydrogen-bond donors (Lipinski definition) is 0. The zero-order valence-electron chi connectivity index (χ0n) is 14.4. The predicted molar refractivity (Wildman–Crippen MR) is 102 cm³/mol. The molecule has 128 valence electrons. The minimum Gasteiger partial charge on any atom is -0.493 e. The normalized spacial score (nSPS) is 10.6. The number of nitrogens with zero attached hydrogens (tertiary/aromatic N) is 2. The van der Waals surface area contributed by atoms with Crippen molar-refractivity contribution in [1.82, 2.24) is 9.55 Å². The van der Waals surface area contributed by atoms with Crippen LogP contribution in [0.3, 0.4) is 0 Å². The molecule has 0 saturated heterocycles. The molecule has 1 heterocycles. The van der Waals surface area contributed by atoms with Crippen molar-refractivity contribution >= 4 is 23.4 Å². The van der Waals surface area contributed by atoms with Gasteiger partial charge in [0.2, 0.25) is 0 Å². The monoisotopic (exact) mass is 344 g/mol. The second-order valence-corrected chi connectivity index (χ2v) is 5.84. The van der Waals surface area contributed by atoms with Crippen molar-refractivity contribution in [3.63, 3.8) is 0 Å². The lowest BCUT2D eigenvalue weighted by Gasteiger charge is -2.10. The van der Waals surface area contributed by atoms with Crippen LogP contribution in [0.4, 0.5) is 0 Å². The largest absolute Gasteiger partial charge is 0.493 e. The number of aryl methyl sites for hydroxylation is 3. The fourth-order valence-electron chi connectivity index (χ4n) is 2.92. The Balaban J connectivity index is 0.00000208. The molecule has 3 rings (SSSR count). The molecule has 0 N–H and O–H groups in total. The van der Waals surface area contributed by atoms with E-state index in [0.717, 1.165) is 43.7 Å². The first-order valence-corrected chi connectivity index (χ1v) is 8.42. The quantitative estimate of drug-likeness (QED) is 0.551. The fourth-order valence-corrected chi connectivity index (χ4v) is 2.92. The summed E-state index contributed by atoms with van der Waals surface area (Å²) in [6.45, 7) is 6.01. The third-order valence-electron chi connectivity index (χ3n) is 4.18. The van der Waals surface area contributed by atoms with Crippen LogP contribution in [0, 0.1) is 6.92 Å². The Bertz CT molecular complexity index is 782. The van der Waals surface area contributed by atoms with Crippen LogP contribution in [-0.2, 0) is 13.0 Å². The molecule has 2 aromatic carbocycles. The van der Waals surface area contributed by atoms with Crippen molar-refractivity contribution in [2.45, 2.75) is 39.7 Å². The van der Waals surface area contributed by atoms with Gasteiger partial charge in [-0.05, 0) is 43.5 Å². The van der Waals surface area contributed by atoms with Gasteiger partial charge in [-0.25, -0.2) is 4.98 Å². The number of aromatic nitrogens is 2. The summed E-state index contributed by atoms with van der Waals surface area (Å²) in [4.78, 5) is 4.72. The Hall–Kier alpha value is -2.00. The number of fused-ring (bicyclic) bond motifs is 1. The van der Waals surface area contributed by atoms with Gasteiger partial charge >= 0.3 is 0 Å². The molecule has 0 aliphatic carbocycles. The molecule has 0 aliphatic heterocycles. The van der Waals surface area contributed by atoms with E-state index in [-0.39, 0.29) is 12.4 Å². The summed E-state index contributed by atoms with van der Waals surface area (Å²) in [6.07, 6.45) is 3.11. The Morgan fingerprint density at radius 1 is 1.00 bits per heavy atom. The average molecular weight is 345 g/mol. The van der Waals surface area contributed by atoms with Gasteiger partial charge in [0, 0.05) is 13.0 Å². The number of unbranched alkanes of at least 4 members (excludes halogenated alkanes) is 1. The van der Waals surface area contributed by atoms with Crippen molar-refractivity contribution in [3.8, 4) is 5.75 Å². The molecule has 0 saturated carbocycles. The first-order valence-electron chi connectivity index (χ1n) is 8.42. The van der Waals surface area contributed by atoms with Crippen molar-refractivity contribution in [3.05, 3.63) is 59.9 Å². The lowest BCUT2D eigenvalue weighted by atomic mass is 10.2. The summed E-state index contributed by atoms with van der Waals surface area (Å²) in [6, 6.07) is 16.6. The topological polar surface area (TPSA) is 27.1 Å². The van der Waals surface area contributed by atoms with E-state index < -0.39 is 0 Å². The summed E-state index contributed by atoms with van der Waals surface area (Å²) in [5.74, 6) is 2.17. The van der Waals surface area contributed by atoms with Crippen LogP contribution in [0.25, 0.3) is 11.0 Å². The highest BCUT2D eigenvalue weighted by molar-refractivity contribution is 5.85. The van der Waals surface area contributed by atoms with E-state index in [2.05, 4.69) is 48.7 Å². The predicted octanol–water partition coefficient (Wildman–Crippen LogP) is 5.19. The third kappa shape index (κ3) is 4.09. The molecule has 24 heavy (non-hydrogen) atoms. The van der Waals surface area contributed by atoms with E-state index >= 15 is 0 Å². The fraction of sp³-hybridized carbons (Fsp3) is 0.350. The van der Waals surface area contributed by atoms with Crippen LogP contribution in [0.15, 0.2) is 48.5 Å². The van der Waals surface area contributed by atoms with Crippen LogP contribution in [-0.4, -0.2) is 16.2 Å². The van der Waals surface area contributed by atoms with Gasteiger partial charge in [0.1, 0.15) is 11.6 Å². The maximum Gasteiger partial charge on any atom is 0.122 e. The summed E-state index contributed by atoms with van der Waals surface area (Å²) in [5.41, 5.74) is 3.53. The Labute approximate surface area is 150 Å². The lowest BCUT2D eigenvalue weighted by molar-refractivity contribution is 0.301. The lowest BCUT2D eigenvalue weighted by Crippen LogP contribution is -2.05. The van der Waals surface area contributed by atoms with Crippen LogP contribution in [0.1, 0.15) is 31.2 Å². The Morgan fingerprint density at radius 2 is 1.75 bits per heavy atom. The SMILES string of the molecule is CCc1nc2ccccc2n1CCCCOc1ccccc1C.Cl. The first-order chi connectivity index (χ1) is 11.3. The molecule has 0 spiro atoms. The summed E-state index contributed by atoms with van der Waals surface area (Å²) < 4.78 is 8.23. The Morgan fingerprint density at radius 3 is 2.54 bits per heavy atom. The number of imidazole rings is 1. The molecule has 0 bridgehead atoms. The maximum atomic E-state index is 5.88. The van der Waals surface area contributed by atoms with E-state index in [1.54, 1.807) is 0 Å². The molecule has 0 unspecified atom stereocenters. The van der Waals surface area contributed by atoms with Gasteiger partial charge < -0.3 is 9.30 Å². The van der Waals surface area contributed by atoms with Crippen LogP contribution in [0.2, 0.25) is 0 Å². The second kappa shape index (κ2) is 8.74. The van der Waals surface area contributed by atoms with Crippen molar-refractivity contribution < 1.29 is 4.74 Å². The number of rotatable bonds is 7. The summed E-state index contributed by atoms with van der Waals surface area (Å²) in [7, 11) is 0. The standard InChI is InChI=1S/C20H24N2O.ClH/c1-3-20-21-17-11-5-6-12-18(17)22(20)14-8-9-15-23-19-13-7-4-10-16(19)2;/h4-7,10-13H,3,8-9,14-15H2,1-2H3;1H. The van der Waals surface area contributed by atoms with Crippen molar-refractivity contribution in [2.75, 3.05) is 6.61 Å². The zero-order chi connectivity index (χ0) is 16.1. The number of ether oxygens (including phenoxy) is 1. The molecule has 0 atom stereocenters. The maximum absolute atomic E-state index is 5.88. The molecule has 1 aromatic heterocycles. The minimum atomic E-state index is 0. The van der Waals surface area contributed by atoms with Gasteiger partial charge in [-0.15, -0.1) is 12.4 Å². The zero-order valence-corrected chi connectivity index (χ0v) is 15.2. The molecule has 3 nitrogen and oxygen atoms in total.